The summed E-state index contributed by atoms with van der Waals surface area (Å²) in [5.74, 6) is -0.317. The van der Waals surface area contributed by atoms with Gasteiger partial charge in [0.2, 0.25) is 11.6 Å². The molecule has 38 heavy (non-hydrogen) atoms. The molecule has 0 amide bonds. The molecule has 11 heteroatoms. The van der Waals surface area contributed by atoms with Gasteiger partial charge in [-0.05, 0) is 24.2 Å². The molecule has 200 valence electrons. The summed E-state index contributed by atoms with van der Waals surface area (Å²) in [5.41, 5.74) is 0.302. The zero-order valence-electron chi connectivity index (χ0n) is 21.7. The van der Waals surface area contributed by atoms with E-state index >= 15 is 0 Å². The van der Waals surface area contributed by atoms with Crippen LogP contribution in [0.5, 0.6) is 5.75 Å². The summed E-state index contributed by atoms with van der Waals surface area (Å²) in [4.78, 5) is 4.20. The number of aromatic nitrogens is 3. The van der Waals surface area contributed by atoms with Gasteiger partial charge in [-0.15, -0.1) is 0 Å². The van der Waals surface area contributed by atoms with Crippen molar-refractivity contribution in [2.45, 2.75) is 57.6 Å². The summed E-state index contributed by atoms with van der Waals surface area (Å²) in [6.45, 7) is 11.5. The average Bonchev–Trinajstić information content (AvgIpc) is 3.51. The topological polar surface area (TPSA) is 83.4 Å². The van der Waals surface area contributed by atoms with Crippen LogP contribution in [0.25, 0.3) is 34.3 Å². The Bertz CT molecular complexity index is 1440. The smallest absolute Gasteiger partial charge is 0.422 e. The van der Waals surface area contributed by atoms with E-state index < -0.39 is 31.7 Å². The summed E-state index contributed by atoms with van der Waals surface area (Å²) in [5, 5.41) is 7.63. The van der Waals surface area contributed by atoms with Gasteiger partial charge < -0.3 is 18.2 Å². The fourth-order valence-corrected chi connectivity index (χ4v) is 5.39. The Morgan fingerprint density at radius 2 is 1.68 bits per heavy atom. The second kappa shape index (κ2) is 9.39. The van der Waals surface area contributed by atoms with Crippen molar-refractivity contribution in [3.63, 3.8) is 0 Å². The summed E-state index contributed by atoms with van der Waals surface area (Å²) in [6.07, 6.45) is -4.12. The maximum atomic E-state index is 14.0. The van der Waals surface area contributed by atoms with Gasteiger partial charge in [-0.2, -0.15) is 18.2 Å². The third kappa shape index (κ3) is 4.87. The zero-order chi connectivity index (χ0) is 27.3. The predicted octanol–water partition coefficient (Wildman–Crippen LogP) is 7.92. The van der Waals surface area contributed by atoms with Crippen LogP contribution in [0.15, 0.2) is 57.6 Å². The molecule has 0 spiro atoms. The van der Waals surface area contributed by atoms with Crippen molar-refractivity contribution in [1.82, 2.24) is 15.3 Å². The number of fused-ring (bicyclic) bond motifs is 1. The number of nitrogens with zero attached hydrogens (tertiary/aromatic N) is 3. The Kier molecular flexibility index (Phi) is 6.47. The Morgan fingerprint density at radius 3 is 2.37 bits per heavy atom. The van der Waals surface area contributed by atoms with Gasteiger partial charge in [0.1, 0.15) is 17.0 Å². The van der Waals surface area contributed by atoms with E-state index in [1.165, 1.54) is 12.1 Å². The zero-order valence-corrected chi connectivity index (χ0v) is 22.7. The standard InChI is InChI=1S/C27H28F3N3O4Si/c1-26(2,3)38(4,5)37-19-13-14-34-20-15-17(11-12-18(19)20)24-31-25(36-33-24)23-21(27(28,29)30)22(32-35-23)16-9-7-6-8-10-16/h6-12,15,19H,13-14H2,1-5H3/t19-/m1/s1. The monoisotopic (exact) mass is 543 g/mol. The second-order valence-electron chi connectivity index (χ2n) is 10.8. The highest BCUT2D eigenvalue weighted by atomic mass is 28.4. The first-order valence-electron chi connectivity index (χ1n) is 12.3. The quantitative estimate of drug-likeness (QED) is 0.236. The molecule has 0 unspecified atom stereocenters. The van der Waals surface area contributed by atoms with Gasteiger partial charge in [0.25, 0.3) is 5.89 Å². The van der Waals surface area contributed by atoms with Crippen molar-refractivity contribution < 1.29 is 31.4 Å². The highest BCUT2D eigenvalue weighted by Crippen LogP contribution is 2.45. The van der Waals surface area contributed by atoms with Crippen LogP contribution in [-0.2, 0) is 10.6 Å². The van der Waals surface area contributed by atoms with Crippen LogP contribution >= 0.6 is 0 Å². The second-order valence-corrected chi connectivity index (χ2v) is 15.5. The fraction of sp³-hybridized carbons (Fsp3) is 0.370. The van der Waals surface area contributed by atoms with Gasteiger partial charge in [0, 0.05) is 23.1 Å². The van der Waals surface area contributed by atoms with E-state index in [0.29, 0.717) is 17.9 Å². The van der Waals surface area contributed by atoms with E-state index in [1.807, 2.05) is 6.07 Å². The number of halogens is 3. The normalized spacial score (nSPS) is 16.3. The van der Waals surface area contributed by atoms with E-state index in [2.05, 4.69) is 49.2 Å². The molecule has 7 nitrogen and oxygen atoms in total. The average molecular weight is 544 g/mol. The third-order valence-electron chi connectivity index (χ3n) is 7.14. The van der Waals surface area contributed by atoms with Crippen LogP contribution in [0.4, 0.5) is 13.2 Å². The molecule has 1 aliphatic heterocycles. The maximum Gasteiger partial charge on any atom is 0.422 e. The van der Waals surface area contributed by atoms with Crippen molar-refractivity contribution in [3.05, 3.63) is 59.7 Å². The molecule has 0 bridgehead atoms. The van der Waals surface area contributed by atoms with Crippen LogP contribution in [0.2, 0.25) is 18.1 Å². The summed E-state index contributed by atoms with van der Waals surface area (Å²) in [7, 11) is -2.02. The molecule has 0 radical (unpaired) electrons. The molecule has 3 heterocycles. The van der Waals surface area contributed by atoms with Gasteiger partial charge in [-0.25, -0.2) is 0 Å². The van der Waals surface area contributed by atoms with E-state index in [1.54, 1.807) is 30.3 Å². The van der Waals surface area contributed by atoms with E-state index in [0.717, 1.165) is 12.0 Å². The molecule has 1 atom stereocenters. The highest BCUT2D eigenvalue weighted by Gasteiger charge is 2.43. The predicted molar refractivity (Wildman–Crippen MR) is 137 cm³/mol. The molecule has 1 aliphatic rings. The number of rotatable bonds is 5. The van der Waals surface area contributed by atoms with Crippen LogP contribution in [-0.4, -0.2) is 30.2 Å². The number of hydrogen-bond acceptors (Lipinski definition) is 7. The summed E-state index contributed by atoms with van der Waals surface area (Å²) in [6, 6.07) is 13.4. The van der Waals surface area contributed by atoms with Crippen molar-refractivity contribution in [2.75, 3.05) is 6.61 Å². The lowest BCUT2D eigenvalue weighted by Crippen LogP contribution is -2.42. The van der Waals surface area contributed by atoms with Crippen LogP contribution < -0.4 is 4.74 Å². The molecule has 0 N–H and O–H groups in total. The lowest BCUT2D eigenvalue weighted by atomic mass is 10.0. The largest absolute Gasteiger partial charge is 0.493 e. The van der Waals surface area contributed by atoms with Crippen LogP contribution in [0.1, 0.15) is 44.4 Å². The summed E-state index contributed by atoms with van der Waals surface area (Å²) < 4.78 is 65.0. The Labute approximate surface area is 219 Å². The van der Waals surface area contributed by atoms with E-state index in [9.17, 15) is 13.2 Å². The van der Waals surface area contributed by atoms with Crippen molar-refractivity contribution in [3.8, 4) is 40.0 Å². The number of hydrogen-bond donors (Lipinski definition) is 0. The van der Waals surface area contributed by atoms with Gasteiger partial charge in [-0.1, -0.05) is 73.5 Å². The SMILES string of the molecule is CC(C)(C)[Si](C)(C)O[C@@H]1CCOc2cc(-c3noc(-c4onc(-c5ccccc5)c4C(F)(F)F)n3)ccc21. The van der Waals surface area contributed by atoms with Crippen LogP contribution in [0.3, 0.4) is 0 Å². The van der Waals surface area contributed by atoms with Gasteiger partial charge in [0.15, 0.2) is 8.32 Å². The Hall–Kier alpha value is -3.44. The van der Waals surface area contributed by atoms with Gasteiger partial charge in [0.05, 0.1) is 12.7 Å². The maximum absolute atomic E-state index is 14.0. The Balaban J connectivity index is 1.46. The minimum atomic E-state index is -4.76. The minimum absolute atomic E-state index is 0.0583. The van der Waals surface area contributed by atoms with Gasteiger partial charge >= 0.3 is 6.18 Å². The van der Waals surface area contributed by atoms with Crippen LogP contribution in [0, 0.1) is 0 Å². The van der Waals surface area contributed by atoms with E-state index in [4.69, 9.17) is 18.2 Å². The molecule has 2 aromatic heterocycles. The molecular formula is C27H28F3N3O4Si. The molecule has 0 saturated carbocycles. The highest BCUT2D eigenvalue weighted by molar-refractivity contribution is 6.74. The molecule has 5 rings (SSSR count). The molecule has 0 fully saturated rings. The molecular weight excluding hydrogens is 515 g/mol. The lowest BCUT2D eigenvalue weighted by molar-refractivity contribution is -0.136. The fourth-order valence-electron chi connectivity index (χ4n) is 4.08. The number of ether oxygens (including phenoxy) is 1. The molecule has 0 saturated heterocycles. The Morgan fingerprint density at radius 1 is 0.947 bits per heavy atom. The van der Waals surface area contributed by atoms with Crippen molar-refractivity contribution in [1.29, 1.82) is 0 Å². The first-order chi connectivity index (χ1) is 17.8. The lowest BCUT2D eigenvalue weighted by Gasteiger charge is -2.40. The van der Waals surface area contributed by atoms with Crippen molar-refractivity contribution in [2.24, 2.45) is 0 Å². The minimum Gasteiger partial charge on any atom is -0.493 e. The first kappa shape index (κ1) is 26.2. The molecule has 2 aromatic carbocycles. The van der Waals surface area contributed by atoms with Crippen molar-refractivity contribution >= 4 is 8.32 Å². The summed E-state index contributed by atoms with van der Waals surface area (Å²) >= 11 is 0. The van der Waals surface area contributed by atoms with E-state index in [-0.39, 0.29) is 28.2 Å². The molecule has 0 aliphatic carbocycles. The third-order valence-corrected chi connectivity index (χ3v) is 11.6. The number of alkyl halides is 3. The number of benzene rings is 2. The first-order valence-corrected chi connectivity index (χ1v) is 15.2. The van der Waals surface area contributed by atoms with Gasteiger partial charge in [-0.3, -0.25) is 0 Å². The molecule has 4 aromatic rings.